The van der Waals surface area contributed by atoms with Crippen molar-refractivity contribution in [3.63, 3.8) is 0 Å². The van der Waals surface area contributed by atoms with Crippen LogP contribution in [-0.2, 0) is 10.0 Å². The zero-order valence-electron chi connectivity index (χ0n) is 12.6. The fourth-order valence-corrected chi connectivity index (χ4v) is 3.17. The van der Waals surface area contributed by atoms with E-state index < -0.39 is 21.7 Å². The molecule has 2 aromatic carbocycles. The van der Waals surface area contributed by atoms with E-state index in [2.05, 4.69) is 4.72 Å². The molecule has 0 heterocycles. The van der Waals surface area contributed by atoms with E-state index in [1.165, 1.54) is 31.4 Å². The van der Waals surface area contributed by atoms with Crippen molar-refractivity contribution in [1.82, 2.24) is 4.72 Å². The van der Waals surface area contributed by atoms with E-state index in [0.29, 0.717) is 5.75 Å². The lowest BCUT2D eigenvalue weighted by Crippen LogP contribution is -2.28. The second-order valence-electron chi connectivity index (χ2n) is 4.62. The number of halogens is 3. The maximum absolute atomic E-state index is 13.0. The number of rotatable bonds is 7. The third kappa shape index (κ3) is 4.56. The molecule has 0 fully saturated rings. The second kappa shape index (κ2) is 7.78. The number of benzene rings is 2. The van der Waals surface area contributed by atoms with Crippen molar-refractivity contribution in [2.75, 3.05) is 20.3 Å². The fraction of sp³-hybridized carbons (Fsp3) is 0.200. The van der Waals surface area contributed by atoms with Gasteiger partial charge in [-0.25, -0.2) is 21.9 Å². The number of nitrogens with one attached hydrogen (secondary N) is 1. The predicted octanol–water partition coefficient (Wildman–Crippen LogP) is 2.98. The van der Waals surface area contributed by atoms with E-state index in [0.717, 1.165) is 12.1 Å². The summed E-state index contributed by atoms with van der Waals surface area (Å²) in [6.45, 7) is -0.126. The van der Waals surface area contributed by atoms with Gasteiger partial charge in [-0.15, -0.1) is 0 Å². The first-order valence-corrected chi connectivity index (χ1v) is 8.60. The number of ether oxygens (including phenoxy) is 2. The van der Waals surface area contributed by atoms with Crippen LogP contribution in [0.1, 0.15) is 0 Å². The Morgan fingerprint density at radius 2 is 1.88 bits per heavy atom. The molecule has 0 atom stereocenters. The van der Waals surface area contributed by atoms with Crippen LogP contribution >= 0.6 is 11.6 Å². The summed E-state index contributed by atoms with van der Waals surface area (Å²) >= 11 is 5.90. The van der Waals surface area contributed by atoms with Crippen molar-refractivity contribution in [2.45, 2.75) is 4.90 Å². The molecule has 2 aromatic rings. The van der Waals surface area contributed by atoms with Crippen LogP contribution < -0.4 is 14.2 Å². The van der Waals surface area contributed by atoms with Crippen molar-refractivity contribution in [3.8, 4) is 11.5 Å². The molecule has 0 saturated carbocycles. The van der Waals surface area contributed by atoms with Gasteiger partial charge < -0.3 is 9.47 Å². The molecule has 1 N–H and O–H groups in total. The van der Waals surface area contributed by atoms with Crippen LogP contribution in [0.2, 0.25) is 5.02 Å². The Bertz CT molecular complexity index is 830. The summed E-state index contributed by atoms with van der Waals surface area (Å²) in [7, 11) is -2.36. The van der Waals surface area contributed by atoms with E-state index in [1.807, 2.05) is 0 Å². The minimum atomic E-state index is -3.78. The third-order valence-corrected chi connectivity index (χ3v) is 4.74. The van der Waals surface area contributed by atoms with Crippen molar-refractivity contribution >= 4 is 21.6 Å². The maximum atomic E-state index is 13.0. The number of hydrogen-bond acceptors (Lipinski definition) is 4. The SMILES string of the molecule is COc1ccc(S(=O)(=O)NCCOc2ccc(F)c(F)c2)cc1Cl. The summed E-state index contributed by atoms with van der Waals surface area (Å²) in [5.41, 5.74) is 0. The van der Waals surface area contributed by atoms with Gasteiger partial charge in [0.15, 0.2) is 11.6 Å². The first kappa shape index (κ1) is 18.4. The van der Waals surface area contributed by atoms with Gasteiger partial charge in [0.25, 0.3) is 0 Å². The standard InChI is InChI=1S/C15H14ClF2NO4S/c1-22-15-5-3-11(9-12(15)16)24(20,21)19-6-7-23-10-2-4-13(17)14(18)8-10/h2-5,8-9,19H,6-7H2,1H3. The Kier molecular flexibility index (Phi) is 5.98. The van der Waals surface area contributed by atoms with Gasteiger partial charge in [-0.1, -0.05) is 11.6 Å². The molecule has 0 aliphatic carbocycles. The van der Waals surface area contributed by atoms with E-state index >= 15 is 0 Å². The molecule has 130 valence electrons. The minimum Gasteiger partial charge on any atom is -0.495 e. The molecule has 0 radical (unpaired) electrons. The Hall–Kier alpha value is -1.90. The Morgan fingerprint density at radius 1 is 1.12 bits per heavy atom. The topological polar surface area (TPSA) is 64.6 Å². The van der Waals surface area contributed by atoms with Gasteiger partial charge in [-0.2, -0.15) is 0 Å². The molecule has 5 nitrogen and oxygen atoms in total. The Balaban J connectivity index is 1.93. The van der Waals surface area contributed by atoms with Crippen LogP contribution in [0.25, 0.3) is 0 Å². The van der Waals surface area contributed by atoms with Crippen LogP contribution in [0, 0.1) is 11.6 Å². The lowest BCUT2D eigenvalue weighted by Gasteiger charge is -2.10. The fourth-order valence-electron chi connectivity index (χ4n) is 1.81. The average Bonchev–Trinajstić information content (AvgIpc) is 2.54. The quantitative estimate of drug-likeness (QED) is 0.753. The molecule has 24 heavy (non-hydrogen) atoms. The highest BCUT2D eigenvalue weighted by Crippen LogP contribution is 2.26. The lowest BCUT2D eigenvalue weighted by atomic mass is 10.3. The summed E-state index contributed by atoms with van der Waals surface area (Å²) < 4.78 is 62.4. The second-order valence-corrected chi connectivity index (χ2v) is 6.79. The first-order chi connectivity index (χ1) is 11.3. The number of sulfonamides is 1. The lowest BCUT2D eigenvalue weighted by molar-refractivity contribution is 0.319. The van der Waals surface area contributed by atoms with Crippen molar-refractivity contribution < 1.29 is 26.7 Å². The minimum absolute atomic E-state index is 0.0267. The van der Waals surface area contributed by atoms with Crippen LogP contribution in [0.5, 0.6) is 11.5 Å². The normalized spacial score (nSPS) is 11.3. The molecule has 0 aromatic heterocycles. The first-order valence-electron chi connectivity index (χ1n) is 6.74. The molecule has 9 heteroatoms. The summed E-state index contributed by atoms with van der Waals surface area (Å²) in [5.74, 6) is -1.57. The molecule has 0 aliphatic heterocycles. The highest BCUT2D eigenvalue weighted by Gasteiger charge is 2.15. The molecule has 0 aliphatic rings. The van der Waals surface area contributed by atoms with Gasteiger partial charge in [-0.05, 0) is 30.3 Å². The van der Waals surface area contributed by atoms with Gasteiger partial charge in [0.2, 0.25) is 10.0 Å². The van der Waals surface area contributed by atoms with E-state index in [4.69, 9.17) is 21.1 Å². The van der Waals surface area contributed by atoms with Crippen LogP contribution in [0.15, 0.2) is 41.3 Å². The van der Waals surface area contributed by atoms with Gasteiger partial charge >= 0.3 is 0 Å². The summed E-state index contributed by atoms with van der Waals surface area (Å²) in [5, 5.41) is 0.165. The highest BCUT2D eigenvalue weighted by atomic mass is 35.5. The van der Waals surface area contributed by atoms with Crippen LogP contribution in [0.3, 0.4) is 0 Å². The molecular formula is C15H14ClF2NO4S. The van der Waals surface area contributed by atoms with E-state index in [1.54, 1.807) is 0 Å². The molecule has 2 rings (SSSR count). The summed E-state index contributed by atoms with van der Waals surface area (Å²) in [6, 6.07) is 7.11. The largest absolute Gasteiger partial charge is 0.495 e. The summed E-state index contributed by atoms with van der Waals surface area (Å²) in [4.78, 5) is -0.0267. The number of methoxy groups -OCH3 is 1. The van der Waals surface area contributed by atoms with E-state index in [-0.39, 0.29) is 28.8 Å². The predicted molar refractivity (Wildman–Crippen MR) is 85.0 cm³/mol. The van der Waals surface area contributed by atoms with Crippen LogP contribution in [-0.4, -0.2) is 28.7 Å². The van der Waals surface area contributed by atoms with Crippen LogP contribution in [0.4, 0.5) is 8.78 Å². The molecular weight excluding hydrogens is 364 g/mol. The molecule has 0 saturated heterocycles. The maximum Gasteiger partial charge on any atom is 0.240 e. The van der Waals surface area contributed by atoms with Crippen molar-refractivity contribution in [3.05, 3.63) is 53.1 Å². The van der Waals surface area contributed by atoms with Crippen molar-refractivity contribution in [2.24, 2.45) is 0 Å². The summed E-state index contributed by atoms with van der Waals surface area (Å²) in [6.07, 6.45) is 0. The van der Waals surface area contributed by atoms with Gasteiger partial charge in [-0.3, -0.25) is 0 Å². The zero-order chi connectivity index (χ0) is 17.7. The smallest absolute Gasteiger partial charge is 0.240 e. The number of hydrogen-bond donors (Lipinski definition) is 1. The van der Waals surface area contributed by atoms with Gasteiger partial charge in [0.05, 0.1) is 17.0 Å². The van der Waals surface area contributed by atoms with Crippen molar-refractivity contribution in [1.29, 1.82) is 0 Å². The molecule has 0 bridgehead atoms. The Morgan fingerprint density at radius 3 is 2.50 bits per heavy atom. The van der Waals surface area contributed by atoms with Gasteiger partial charge in [0.1, 0.15) is 18.1 Å². The highest BCUT2D eigenvalue weighted by molar-refractivity contribution is 7.89. The van der Waals surface area contributed by atoms with E-state index in [9.17, 15) is 17.2 Å². The molecule has 0 unspecified atom stereocenters. The monoisotopic (exact) mass is 377 g/mol. The Labute approximate surface area is 143 Å². The molecule has 0 spiro atoms. The molecule has 0 amide bonds. The van der Waals surface area contributed by atoms with Gasteiger partial charge in [0, 0.05) is 12.6 Å². The average molecular weight is 378 g/mol. The third-order valence-electron chi connectivity index (χ3n) is 2.99. The zero-order valence-corrected chi connectivity index (χ0v) is 14.1.